The SMILES string of the molecule is CC(C)C(=O)OC(C)C(=O)OC(C)C(=O)OCC(=O)OCC(COC(=O)COC(=O)C(C)OC(=O)C(C)OC(=O)C(C)C)(COC(=O)COC(=O)C(C)OC(=O)C(C)OC(=O)C(C)OC(=O)C(C)C)COC(=O)COC(=O)C(C)OC(=O)C(C)OC(=O)C(C)OC(=O)C(C)C. The van der Waals surface area contributed by atoms with Crippen molar-refractivity contribution in [3.63, 3.8) is 0 Å². The Hall–Kier alpha value is -9.54. The summed E-state index contributed by atoms with van der Waals surface area (Å²) >= 11 is 0. The molecule has 0 amide bonds. The minimum atomic E-state index is -2.38. The molecule has 0 aliphatic carbocycles. The van der Waals surface area contributed by atoms with Crippen LogP contribution in [0, 0.1) is 29.1 Å². The van der Waals surface area contributed by atoms with Crippen LogP contribution < -0.4 is 0 Å². The molecule has 0 saturated heterocycles. The third kappa shape index (κ3) is 33.7. The van der Waals surface area contributed by atoms with Crippen molar-refractivity contribution in [3.8, 4) is 0 Å². The van der Waals surface area contributed by atoms with Gasteiger partial charge in [0.05, 0.1) is 23.7 Å². The summed E-state index contributed by atoms with van der Waals surface area (Å²) in [4.78, 5) is 227. The molecule has 95 heavy (non-hydrogen) atoms. The molecule has 0 radical (unpaired) electrons. The molecule has 36 heteroatoms. The Labute approximate surface area is 545 Å². The van der Waals surface area contributed by atoms with E-state index in [0.717, 1.165) is 55.4 Å². The van der Waals surface area contributed by atoms with Gasteiger partial charge in [-0.25, -0.2) is 67.1 Å². The second-order valence-electron chi connectivity index (χ2n) is 22.0. The molecule has 0 spiro atoms. The van der Waals surface area contributed by atoms with E-state index in [9.17, 15) is 86.3 Å². The number of esters is 18. The van der Waals surface area contributed by atoms with Gasteiger partial charge in [0.1, 0.15) is 31.8 Å². The zero-order valence-corrected chi connectivity index (χ0v) is 55.9. The Morgan fingerprint density at radius 3 is 0.453 bits per heavy atom. The van der Waals surface area contributed by atoms with Crippen LogP contribution in [-0.2, 0) is 172 Å². The van der Waals surface area contributed by atoms with Gasteiger partial charge >= 0.3 is 107 Å². The summed E-state index contributed by atoms with van der Waals surface area (Å²) in [5, 5.41) is 0. The van der Waals surface area contributed by atoms with E-state index < -0.39 is 250 Å². The number of carbonyl (C=O) groups is 18. The highest BCUT2D eigenvalue weighted by molar-refractivity contribution is 5.88. The lowest BCUT2D eigenvalue weighted by Crippen LogP contribution is -2.45. The molecule has 0 aromatic heterocycles. The predicted molar refractivity (Wildman–Crippen MR) is 305 cm³/mol. The van der Waals surface area contributed by atoms with E-state index in [-0.39, 0.29) is 0 Å². The third-order valence-corrected chi connectivity index (χ3v) is 11.6. The molecule has 0 bridgehead atoms. The summed E-state index contributed by atoms with van der Waals surface area (Å²) in [6.07, 6.45) is -16.3. The van der Waals surface area contributed by atoms with Crippen molar-refractivity contribution in [1.82, 2.24) is 0 Å². The van der Waals surface area contributed by atoms with E-state index >= 15 is 0 Å². The molecule has 0 heterocycles. The van der Waals surface area contributed by atoms with Crippen molar-refractivity contribution < 1.29 is 172 Å². The molecule has 10 unspecified atom stereocenters. The van der Waals surface area contributed by atoms with Crippen LogP contribution in [0.4, 0.5) is 0 Å². The van der Waals surface area contributed by atoms with Crippen LogP contribution in [0.1, 0.15) is 125 Å². The molecule has 0 aliphatic rings. The second kappa shape index (κ2) is 41.9. The summed E-state index contributed by atoms with van der Waals surface area (Å²) in [6.45, 7) is 12.7. The number of ether oxygens (including phenoxy) is 18. The normalized spacial score (nSPS) is 14.7. The zero-order valence-electron chi connectivity index (χ0n) is 55.9. The van der Waals surface area contributed by atoms with E-state index in [4.69, 9.17) is 85.3 Å². The summed E-state index contributed by atoms with van der Waals surface area (Å²) in [5.41, 5.74) is -2.38. The van der Waals surface area contributed by atoms with Crippen molar-refractivity contribution in [2.75, 3.05) is 52.9 Å². The van der Waals surface area contributed by atoms with Crippen LogP contribution in [0.25, 0.3) is 0 Å². The van der Waals surface area contributed by atoms with Crippen molar-refractivity contribution in [2.24, 2.45) is 29.1 Å². The fourth-order valence-electron chi connectivity index (χ4n) is 5.68. The highest BCUT2D eigenvalue weighted by Crippen LogP contribution is 2.23. The van der Waals surface area contributed by atoms with Crippen LogP contribution >= 0.6 is 0 Å². The largest absolute Gasteiger partial charge is 0.462 e. The Morgan fingerprint density at radius 2 is 0.316 bits per heavy atom. The Bertz CT molecular complexity index is 2560. The zero-order chi connectivity index (χ0) is 73.4. The summed E-state index contributed by atoms with van der Waals surface area (Å²) in [7, 11) is 0. The van der Waals surface area contributed by atoms with Gasteiger partial charge in [-0.3, -0.25) is 19.2 Å². The Morgan fingerprint density at radius 1 is 0.189 bits per heavy atom. The summed E-state index contributed by atoms with van der Waals surface area (Å²) in [5.74, 6) is -24.3. The Balaban J connectivity index is 6.86. The number of carbonyl (C=O) groups excluding carboxylic acids is 18. The maximum atomic E-state index is 13.3. The molecule has 0 aliphatic heterocycles. The van der Waals surface area contributed by atoms with E-state index in [2.05, 4.69) is 0 Å². The minimum absolute atomic E-state index is 0.612. The molecule has 0 aromatic carbocycles. The quantitative estimate of drug-likeness (QED) is 0.0586. The topological polar surface area (TPSA) is 473 Å². The van der Waals surface area contributed by atoms with Crippen LogP contribution in [0.3, 0.4) is 0 Å². The molecule has 0 saturated carbocycles. The van der Waals surface area contributed by atoms with Crippen molar-refractivity contribution >= 4 is 107 Å². The summed E-state index contributed by atoms with van der Waals surface area (Å²) in [6, 6.07) is 0. The van der Waals surface area contributed by atoms with Crippen LogP contribution in [0.2, 0.25) is 0 Å². The highest BCUT2D eigenvalue weighted by atomic mass is 16.7. The molecule has 0 rings (SSSR count). The maximum absolute atomic E-state index is 13.3. The van der Waals surface area contributed by atoms with Gasteiger partial charge in [0, 0.05) is 0 Å². The maximum Gasteiger partial charge on any atom is 0.347 e. The molecule has 10 atom stereocenters. The van der Waals surface area contributed by atoms with Crippen molar-refractivity contribution in [2.45, 2.75) is 186 Å². The van der Waals surface area contributed by atoms with E-state index in [1.807, 2.05) is 0 Å². The lowest BCUT2D eigenvalue weighted by Gasteiger charge is -2.31. The number of rotatable bonds is 40. The smallest absolute Gasteiger partial charge is 0.347 e. The number of hydrogen-bond donors (Lipinski definition) is 0. The monoisotopic (exact) mass is 1370 g/mol. The first-order valence-electron chi connectivity index (χ1n) is 29.3. The molecule has 0 fully saturated rings. The third-order valence-electron chi connectivity index (χ3n) is 11.6. The van der Waals surface area contributed by atoms with Gasteiger partial charge in [0.2, 0.25) is 0 Å². The molecule has 0 aromatic rings. The van der Waals surface area contributed by atoms with Crippen LogP contribution in [-0.4, -0.2) is 221 Å². The van der Waals surface area contributed by atoms with Gasteiger partial charge in [-0.1, -0.05) is 55.4 Å². The second-order valence-corrected chi connectivity index (χ2v) is 22.0. The van der Waals surface area contributed by atoms with E-state index in [1.165, 1.54) is 69.2 Å². The Kier molecular flexibility index (Phi) is 37.7. The van der Waals surface area contributed by atoms with Gasteiger partial charge in [-0.05, 0) is 69.2 Å². The molecule has 536 valence electrons. The fraction of sp³-hybridized carbons (Fsp3) is 0.695. The van der Waals surface area contributed by atoms with Gasteiger partial charge in [-0.15, -0.1) is 0 Å². The van der Waals surface area contributed by atoms with Gasteiger partial charge in [0.15, 0.2) is 87.5 Å². The number of hydrogen-bond acceptors (Lipinski definition) is 36. The molecule has 0 N–H and O–H groups in total. The lowest BCUT2D eigenvalue weighted by molar-refractivity contribution is -0.186. The van der Waals surface area contributed by atoms with Crippen LogP contribution in [0.15, 0.2) is 0 Å². The molecule has 36 nitrogen and oxygen atoms in total. The standard InChI is InChI=1S/C59H84O36/c1-27(2)45(64)86-35(13)53(72)90-31(9)49(68)78-19-41(60)82-23-59(24-83-42(61)20-79-50(69)32(10)91-54(73)36(14)87-46(65)28(3)4,25-84-43(62)21-80-51(70)33(11)92-57(76)39(17)94-55(74)37(15)88-47(66)29(5)6)26-85-44(63)22-81-52(71)34(12)93-58(77)40(18)95-56(75)38(16)89-48(67)30(7)8/h27-40H,19-26H2,1-18H3. The minimum Gasteiger partial charge on any atom is -0.462 e. The highest BCUT2D eigenvalue weighted by Gasteiger charge is 2.40. The van der Waals surface area contributed by atoms with E-state index in [1.54, 1.807) is 0 Å². The van der Waals surface area contributed by atoms with Crippen molar-refractivity contribution in [3.05, 3.63) is 0 Å². The predicted octanol–water partition coefficient (Wildman–Crippen LogP) is 0.259. The van der Waals surface area contributed by atoms with Gasteiger partial charge in [0.25, 0.3) is 0 Å². The van der Waals surface area contributed by atoms with E-state index in [0.29, 0.717) is 0 Å². The first-order valence-corrected chi connectivity index (χ1v) is 29.3. The average molecular weight is 1370 g/mol. The van der Waals surface area contributed by atoms with Crippen molar-refractivity contribution in [1.29, 1.82) is 0 Å². The first-order chi connectivity index (χ1) is 43.9. The average Bonchev–Trinajstić information content (AvgIpc) is 1.66. The molecular formula is C59H84O36. The first kappa shape index (κ1) is 85.5. The molecular weight excluding hydrogens is 1280 g/mol. The summed E-state index contributed by atoms with van der Waals surface area (Å²) < 4.78 is 90.0. The lowest BCUT2D eigenvalue weighted by atomic mass is 9.92. The fourth-order valence-corrected chi connectivity index (χ4v) is 5.68. The van der Waals surface area contributed by atoms with Gasteiger partial charge in [-0.2, -0.15) is 0 Å². The van der Waals surface area contributed by atoms with Gasteiger partial charge < -0.3 is 85.3 Å². The van der Waals surface area contributed by atoms with Crippen LogP contribution in [0.5, 0.6) is 0 Å².